The Labute approximate surface area is 183 Å². The van der Waals surface area contributed by atoms with Crippen LogP contribution in [0.3, 0.4) is 0 Å². The van der Waals surface area contributed by atoms with Crippen LogP contribution in [-0.4, -0.2) is 99.2 Å². The van der Waals surface area contributed by atoms with Crippen LogP contribution in [0.1, 0.15) is 54.9 Å². The summed E-state index contributed by atoms with van der Waals surface area (Å²) < 4.78 is 34.1. The van der Waals surface area contributed by atoms with E-state index in [9.17, 15) is 5.11 Å². The molecule has 182 valence electrons. The van der Waals surface area contributed by atoms with Crippen molar-refractivity contribution in [1.82, 2.24) is 0 Å². The van der Waals surface area contributed by atoms with Gasteiger partial charge in [-0.3, -0.25) is 0 Å². The van der Waals surface area contributed by atoms with Crippen LogP contribution >= 0.6 is 0 Å². The van der Waals surface area contributed by atoms with Gasteiger partial charge in [-0.05, 0) is 54.9 Å². The van der Waals surface area contributed by atoms with Crippen molar-refractivity contribution in [2.45, 2.75) is 97.6 Å². The summed E-state index contributed by atoms with van der Waals surface area (Å²) in [4.78, 5) is 0. The second kappa shape index (κ2) is 18.3. The zero-order valence-corrected chi connectivity index (χ0v) is 20.0. The van der Waals surface area contributed by atoms with Crippen molar-refractivity contribution in [3.8, 4) is 0 Å². The fourth-order valence-corrected chi connectivity index (χ4v) is 2.23. The Bertz CT molecular complexity index is 382. The second-order valence-corrected chi connectivity index (χ2v) is 8.22. The first-order valence-electron chi connectivity index (χ1n) is 11.1. The van der Waals surface area contributed by atoms with E-state index in [1.165, 1.54) is 0 Å². The van der Waals surface area contributed by atoms with Crippen molar-refractivity contribution >= 4 is 0 Å². The van der Waals surface area contributed by atoms with E-state index in [1.54, 1.807) is 6.92 Å². The summed E-state index contributed by atoms with van der Waals surface area (Å²) in [6.45, 7) is 16.2. The van der Waals surface area contributed by atoms with Gasteiger partial charge in [0.1, 0.15) is 0 Å². The maximum atomic E-state index is 9.23. The van der Waals surface area contributed by atoms with Crippen LogP contribution in [0.2, 0.25) is 0 Å². The van der Waals surface area contributed by atoms with Gasteiger partial charge in [0, 0.05) is 6.61 Å². The minimum atomic E-state index is -0.346. The van der Waals surface area contributed by atoms with E-state index < -0.39 is 0 Å². The Balaban J connectivity index is 3.76. The molecule has 0 amide bonds. The number of hydrogen-bond acceptors (Lipinski definition) is 8. The average molecular weight is 439 g/mol. The molecule has 0 aromatic heterocycles. The first-order chi connectivity index (χ1) is 14.1. The predicted molar refractivity (Wildman–Crippen MR) is 116 cm³/mol. The molecule has 30 heavy (non-hydrogen) atoms. The standard InChI is InChI=1S/C22H46O8/c1-16(24)8-9-25-18(3)11-27-20(5)13-29-22(7)15-30-21(6)14-28-19(4)12-26-17(2)10-23/h16-24H,8-15H2,1-7H3. The number of aliphatic hydroxyl groups is 2. The maximum absolute atomic E-state index is 9.23. The van der Waals surface area contributed by atoms with Gasteiger partial charge in [-0.1, -0.05) is 0 Å². The zero-order chi connectivity index (χ0) is 22.9. The lowest BCUT2D eigenvalue weighted by Gasteiger charge is -2.22. The molecule has 0 aromatic carbocycles. The molecule has 0 aliphatic heterocycles. The van der Waals surface area contributed by atoms with Crippen LogP contribution in [0.4, 0.5) is 0 Å². The number of hydrogen-bond donors (Lipinski definition) is 2. The van der Waals surface area contributed by atoms with E-state index in [2.05, 4.69) is 0 Å². The second-order valence-electron chi connectivity index (χ2n) is 8.22. The summed E-state index contributed by atoms with van der Waals surface area (Å²) >= 11 is 0. The molecule has 0 fully saturated rings. The molecule has 0 bridgehead atoms. The minimum absolute atomic E-state index is 0.00451. The van der Waals surface area contributed by atoms with Gasteiger partial charge in [0.2, 0.25) is 0 Å². The lowest BCUT2D eigenvalue weighted by atomic mass is 10.3. The molecule has 0 rings (SSSR count). The van der Waals surface area contributed by atoms with Crippen molar-refractivity contribution in [2.24, 2.45) is 0 Å². The molecule has 0 saturated heterocycles. The van der Waals surface area contributed by atoms with Gasteiger partial charge in [0.25, 0.3) is 0 Å². The van der Waals surface area contributed by atoms with Crippen LogP contribution in [0.5, 0.6) is 0 Å². The Morgan fingerprint density at radius 3 is 1.10 bits per heavy atom. The van der Waals surface area contributed by atoms with Gasteiger partial charge in [-0.15, -0.1) is 0 Å². The summed E-state index contributed by atoms with van der Waals surface area (Å²) in [6, 6.07) is 0. The molecule has 0 heterocycles. The highest BCUT2D eigenvalue weighted by Crippen LogP contribution is 2.04. The quantitative estimate of drug-likeness (QED) is 0.299. The van der Waals surface area contributed by atoms with Gasteiger partial charge >= 0.3 is 0 Å². The summed E-state index contributed by atoms with van der Waals surface area (Å²) in [6.07, 6.45) is -0.131. The highest BCUT2D eigenvalue weighted by Gasteiger charge is 2.13. The molecule has 0 aliphatic carbocycles. The Hall–Kier alpha value is -0.320. The summed E-state index contributed by atoms with van der Waals surface area (Å²) in [5.74, 6) is 0. The Morgan fingerprint density at radius 1 is 0.500 bits per heavy atom. The van der Waals surface area contributed by atoms with E-state index in [4.69, 9.17) is 33.5 Å². The van der Waals surface area contributed by atoms with Gasteiger partial charge in [0.15, 0.2) is 0 Å². The normalized spacial score (nSPS) is 19.1. The van der Waals surface area contributed by atoms with Gasteiger partial charge in [-0.25, -0.2) is 0 Å². The van der Waals surface area contributed by atoms with E-state index >= 15 is 0 Å². The fourth-order valence-electron chi connectivity index (χ4n) is 2.23. The number of rotatable bonds is 20. The highest BCUT2D eigenvalue weighted by atomic mass is 16.6. The average Bonchev–Trinajstić information content (AvgIpc) is 2.70. The molecule has 7 atom stereocenters. The van der Waals surface area contributed by atoms with Gasteiger partial charge < -0.3 is 38.6 Å². The SMILES string of the molecule is CC(O)CCOC(C)COC(C)COC(C)COC(C)COC(C)COC(C)CO. The first kappa shape index (κ1) is 29.7. The molecule has 0 aromatic rings. The van der Waals surface area contributed by atoms with Crippen LogP contribution in [0.25, 0.3) is 0 Å². The third kappa shape index (κ3) is 18.4. The van der Waals surface area contributed by atoms with Crippen LogP contribution in [0, 0.1) is 0 Å². The lowest BCUT2D eigenvalue weighted by molar-refractivity contribution is -0.103. The molecule has 0 aliphatic rings. The van der Waals surface area contributed by atoms with Crippen molar-refractivity contribution in [1.29, 1.82) is 0 Å². The van der Waals surface area contributed by atoms with Crippen molar-refractivity contribution in [2.75, 3.05) is 46.2 Å². The molecule has 7 unspecified atom stereocenters. The Kier molecular flexibility index (Phi) is 18.1. The minimum Gasteiger partial charge on any atom is -0.394 e. The number of ether oxygens (including phenoxy) is 6. The van der Waals surface area contributed by atoms with Crippen LogP contribution < -0.4 is 0 Å². The van der Waals surface area contributed by atoms with E-state index in [0.29, 0.717) is 46.1 Å². The van der Waals surface area contributed by atoms with Crippen molar-refractivity contribution < 1.29 is 38.6 Å². The molecule has 0 radical (unpaired) electrons. The van der Waals surface area contributed by atoms with E-state index in [1.807, 2.05) is 41.5 Å². The van der Waals surface area contributed by atoms with Crippen LogP contribution in [-0.2, 0) is 28.4 Å². The topological polar surface area (TPSA) is 95.8 Å². The van der Waals surface area contributed by atoms with E-state index in [0.717, 1.165) is 0 Å². The highest BCUT2D eigenvalue weighted by molar-refractivity contribution is 4.58. The van der Waals surface area contributed by atoms with Crippen molar-refractivity contribution in [3.05, 3.63) is 0 Å². The van der Waals surface area contributed by atoms with Gasteiger partial charge in [0.05, 0.1) is 82.4 Å². The summed E-state index contributed by atoms with van der Waals surface area (Å²) in [5.41, 5.74) is 0. The number of aliphatic hydroxyl groups excluding tert-OH is 2. The molecule has 8 nitrogen and oxygen atoms in total. The molecule has 2 N–H and O–H groups in total. The lowest BCUT2D eigenvalue weighted by Crippen LogP contribution is -2.29. The third-order valence-electron chi connectivity index (χ3n) is 4.27. The third-order valence-corrected chi connectivity index (χ3v) is 4.27. The Morgan fingerprint density at radius 2 is 0.800 bits per heavy atom. The van der Waals surface area contributed by atoms with Gasteiger partial charge in [-0.2, -0.15) is 0 Å². The summed E-state index contributed by atoms with van der Waals surface area (Å²) in [5, 5.41) is 18.2. The molecular weight excluding hydrogens is 392 g/mol. The molecule has 0 spiro atoms. The molecular formula is C22H46O8. The maximum Gasteiger partial charge on any atom is 0.0781 e. The summed E-state index contributed by atoms with van der Waals surface area (Å²) in [7, 11) is 0. The zero-order valence-electron chi connectivity index (χ0n) is 20.0. The first-order valence-corrected chi connectivity index (χ1v) is 11.1. The largest absolute Gasteiger partial charge is 0.394 e. The van der Waals surface area contributed by atoms with Crippen molar-refractivity contribution in [3.63, 3.8) is 0 Å². The molecule has 8 heteroatoms. The smallest absolute Gasteiger partial charge is 0.0781 e. The fraction of sp³-hybridized carbons (Fsp3) is 1.00. The monoisotopic (exact) mass is 438 g/mol. The van der Waals surface area contributed by atoms with E-state index in [-0.39, 0.29) is 49.3 Å². The predicted octanol–water partition coefficient (Wildman–Crippen LogP) is 2.18. The molecule has 0 saturated carbocycles. The van der Waals surface area contributed by atoms with Crippen LogP contribution in [0.15, 0.2) is 0 Å².